The van der Waals surface area contributed by atoms with E-state index < -0.39 is 6.10 Å². The van der Waals surface area contributed by atoms with Gasteiger partial charge in [-0.2, -0.15) is 5.26 Å². The number of nitrogens with zero attached hydrogens (tertiary/aromatic N) is 2. The third kappa shape index (κ3) is 3.75. The lowest BCUT2D eigenvalue weighted by Crippen LogP contribution is -2.34. The number of hydrogen-bond acceptors (Lipinski definition) is 4. The molecule has 0 spiro atoms. The summed E-state index contributed by atoms with van der Waals surface area (Å²) in [4.78, 5) is 2.03. The second kappa shape index (κ2) is 7.63. The predicted molar refractivity (Wildman–Crippen MR) is 98.2 cm³/mol. The first-order chi connectivity index (χ1) is 12.0. The number of para-hydroxylation sites is 1. The van der Waals surface area contributed by atoms with Crippen molar-refractivity contribution >= 4 is 23.2 Å². The van der Waals surface area contributed by atoms with Gasteiger partial charge in [0.15, 0.2) is 0 Å². The SMILES string of the molecule is CN(CCOc1ccccc1C#N)[C@H]1c2cc(Cl)cc(Cl)c2C[C@@H]1O. The fourth-order valence-corrected chi connectivity index (χ4v) is 3.87. The summed E-state index contributed by atoms with van der Waals surface area (Å²) in [6, 6.07) is 12.6. The maximum absolute atomic E-state index is 10.5. The van der Waals surface area contributed by atoms with Crippen molar-refractivity contribution in [2.75, 3.05) is 20.2 Å². The van der Waals surface area contributed by atoms with Crippen LogP contribution in [0.1, 0.15) is 22.7 Å². The Kier molecular flexibility index (Phi) is 5.51. The number of hydrogen-bond donors (Lipinski definition) is 1. The lowest BCUT2D eigenvalue weighted by atomic mass is 10.1. The number of aliphatic hydroxyl groups is 1. The highest BCUT2D eigenvalue weighted by molar-refractivity contribution is 6.35. The third-order valence-corrected chi connectivity index (χ3v) is 5.03. The molecule has 2 aromatic carbocycles. The first-order valence-corrected chi connectivity index (χ1v) is 8.75. The van der Waals surface area contributed by atoms with E-state index in [1.165, 1.54) is 0 Å². The van der Waals surface area contributed by atoms with E-state index in [1.807, 2.05) is 24.1 Å². The van der Waals surface area contributed by atoms with Crippen LogP contribution in [0.3, 0.4) is 0 Å². The Morgan fingerprint density at radius 1 is 1.32 bits per heavy atom. The fourth-order valence-electron chi connectivity index (χ4n) is 3.29. The van der Waals surface area contributed by atoms with Gasteiger partial charge in [0.05, 0.1) is 17.7 Å². The Morgan fingerprint density at radius 2 is 2.08 bits per heavy atom. The summed E-state index contributed by atoms with van der Waals surface area (Å²) in [5.74, 6) is 0.567. The minimum absolute atomic E-state index is 0.180. The fraction of sp³-hybridized carbons (Fsp3) is 0.316. The van der Waals surface area contributed by atoms with Crippen LogP contribution in [0.5, 0.6) is 5.75 Å². The van der Waals surface area contributed by atoms with Crippen LogP contribution in [0, 0.1) is 11.3 Å². The number of fused-ring (bicyclic) bond motifs is 1. The standard InChI is InChI=1S/C19H18Cl2N2O2/c1-23(6-7-25-18-5-3-2-4-12(18)11-22)19-15-8-13(20)9-16(21)14(15)10-17(19)24/h2-5,8-9,17,19,24H,6-7,10H2,1H3/t17-,19-/m0/s1. The van der Waals surface area contributed by atoms with Crippen molar-refractivity contribution in [3.8, 4) is 11.8 Å². The lowest BCUT2D eigenvalue weighted by Gasteiger charge is -2.28. The molecule has 25 heavy (non-hydrogen) atoms. The van der Waals surface area contributed by atoms with Gasteiger partial charge in [0, 0.05) is 23.0 Å². The number of nitriles is 1. The quantitative estimate of drug-likeness (QED) is 0.861. The number of aliphatic hydroxyl groups excluding tert-OH is 1. The Labute approximate surface area is 157 Å². The second-order valence-electron chi connectivity index (χ2n) is 6.11. The van der Waals surface area contributed by atoms with Gasteiger partial charge in [-0.1, -0.05) is 35.3 Å². The maximum Gasteiger partial charge on any atom is 0.137 e. The van der Waals surface area contributed by atoms with E-state index in [9.17, 15) is 5.11 Å². The molecule has 2 atom stereocenters. The largest absolute Gasteiger partial charge is 0.491 e. The Balaban J connectivity index is 1.69. The summed E-state index contributed by atoms with van der Waals surface area (Å²) in [6.07, 6.45) is -0.0271. The van der Waals surface area contributed by atoms with Crippen LogP contribution in [-0.4, -0.2) is 36.3 Å². The second-order valence-corrected chi connectivity index (χ2v) is 6.95. The summed E-state index contributed by atoms with van der Waals surface area (Å²) in [6.45, 7) is 0.993. The Hall–Kier alpha value is -1.77. The number of benzene rings is 2. The molecule has 1 aliphatic rings. The first kappa shape index (κ1) is 18.0. The molecule has 0 heterocycles. The van der Waals surface area contributed by atoms with E-state index in [4.69, 9.17) is 33.2 Å². The Bertz CT molecular complexity index is 820. The summed E-state index contributed by atoms with van der Waals surface area (Å²) in [5.41, 5.74) is 2.42. The summed E-state index contributed by atoms with van der Waals surface area (Å²) in [7, 11) is 1.93. The van der Waals surface area contributed by atoms with Gasteiger partial charge < -0.3 is 9.84 Å². The van der Waals surface area contributed by atoms with E-state index in [-0.39, 0.29) is 6.04 Å². The lowest BCUT2D eigenvalue weighted by molar-refractivity contribution is 0.0686. The molecule has 3 rings (SSSR count). The molecule has 130 valence electrons. The average molecular weight is 377 g/mol. The molecule has 1 aliphatic carbocycles. The van der Waals surface area contributed by atoms with Crippen molar-refractivity contribution < 1.29 is 9.84 Å². The van der Waals surface area contributed by atoms with Crippen molar-refractivity contribution in [3.05, 3.63) is 63.1 Å². The van der Waals surface area contributed by atoms with Gasteiger partial charge >= 0.3 is 0 Å². The van der Waals surface area contributed by atoms with E-state index in [0.717, 1.165) is 11.1 Å². The van der Waals surface area contributed by atoms with Crippen molar-refractivity contribution in [1.29, 1.82) is 5.26 Å². The number of rotatable bonds is 5. The molecule has 0 bridgehead atoms. The maximum atomic E-state index is 10.5. The molecular formula is C19H18Cl2N2O2. The van der Waals surface area contributed by atoms with Crippen LogP contribution >= 0.6 is 23.2 Å². The average Bonchev–Trinajstić information content (AvgIpc) is 2.91. The number of halogens is 2. The van der Waals surface area contributed by atoms with Crippen LogP contribution in [0.4, 0.5) is 0 Å². The molecule has 0 saturated heterocycles. The van der Waals surface area contributed by atoms with Crippen molar-refractivity contribution in [1.82, 2.24) is 4.90 Å². The van der Waals surface area contributed by atoms with Crippen LogP contribution in [0.2, 0.25) is 10.0 Å². The zero-order valence-electron chi connectivity index (χ0n) is 13.7. The van der Waals surface area contributed by atoms with Crippen LogP contribution in [0.25, 0.3) is 0 Å². The molecule has 0 saturated carbocycles. The third-order valence-electron chi connectivity index (χ3n) is 4.48. The summed E-state index contributed by atoms with van der Waals surface area (Å²) in [5, 5.41) is 20.7. The monoisotopic (exact) mass is 376 g/mol. The van der Waals surface area contributed by atoms with Crippen LogP contribution in [0.15, 0.2) is 36.4 Å². The molecule has 0 unspecified atom stereocenters. The predicted octanol–water partition coefficient (Wildman–Crippen LogP) is 3.83. The highest BCUT2D eigenvalue weighted by atomic mass is 35.5. The molecule has 0 aromatic heterocycles. The van der Waals surface area contributed by atoms with Gasteiger partial charge in [-0.25, -0.2) is 0 Å². The van der Waals surface area contributed by atoms with Gasteiger partial charge in [-0.15, -0.1) is 0 Å². The highest BCUT2D eigenvalue weighted by Crippen LogP contribution is 2.40. The molecule has 6 heteroatoms. The summed E-state index contributed by atoms with van der Waals surface area (Å²) >= 11 is 12.4. The van der Waals surface area contributed by atoms with E-state index >= 15 is 0 Å². The minimum Gasteiger partial charge on any atom is -0.491 e. The van der Waals surface area contributed by atoms with Crippen molar-refractivity contribution in [2.45, 2.75) is 18.6 Å². The normalized spacial score (nSPS) is 18.9. The van der Waals surface area contributed by atoms with Crippen LogP contribution in [-0.2, 0) is 6.42 Å². The molecule has 4 nitrogen and oxygen atoms in total. The molecule has 0 aliphatic heterocycles. The number of likely N-dealkylation sites (N-methyl/N-ethyl adjacent to an activating group) is 1. The summed E-state index contributed by atoms with van der Waals surface area (Å²) < 4.78 is 5.73. The van der Waals surface area contributed by atoms with E-state index in [2.05, 4.69) is 6.07 Å². The first-order valence-electron chi connectivity index (χ1n) is 7.99. The molecular weight excluding hydrogens is 359 g/mol. The smallest absolute Gasteiger partial charge is 0.137 e. The Morgan fingerprint density at radius 3 is 2.84 bits per heavy atom. The topological polar surface area (TPSA) is 56.5 Å². The van der Waals surface area contributed by atoms with Crippen LogP contribution < -0.4 is 4.74 Å². The van der Waals surface area contributed by atoms with Gasteiger partial charge in [0.1, 0.15) is 18.4 Å². The molecule has 2 aromatic rings. The van der Waals surface area contributed by atoms with Gasteiger partial charge in [-0.3, -0.25) is 4.90 Å². The molecule has 1 N–H and O–H groups in total. The van der Waals surface area contributed by atoms with Gasteiger partial charge in [-0.05, 0) is 42.4 Å². The highest BCUT2D eigenvalue weighted by Gasteiger charge is 2.35. The number of ether oxygens (including phenoxy) is 1. The van der Waals surface area contributed by atoms with Gasteiger partial charge in [0.2, 0.25) is 0 Å². The zero-order valence-corrected chi connectivity index (χ0v) is 15.3. The van der Waals surface area contributed by atoms with E-state index in [1.54, 1.807) is 24.3 Å². The minimum atomic E-state index is -0.539. The van der Waals surface area contributed by atoms with E-state index in [0.29, 0.717) is 40.9 Å². The zero-order chi connectivity index (χ0) is 18.0. The van der Waals surface area contributed by atoms with Crippen molar-refractivity contribution in [2.24, 2.45) is 0 Å². The molecule has 0 amide bonds. The van der Waals surface area contributed by atoms with Gasteiger partial charge in [0.25, 0.3) is 0 Å². The molecule has 0 fully saturated rings. The molecule has 0 radical (unpaired) electrons. The van der Waals surface area contributed by atoms with Crippen molar-refractivity contribution in [3.63, 3.8) is 0 Å².